The topological polar surface area (TPSA) is 25.2 Å². The lowest BCUT2D eigenvalue weighted by molar-refractivity contribution is -0.117. The molecule has 0 aliphatic heterocycles. The van der Waals surface area contributed by atoms with E-state index in [1.807, 2.05) is 0 Å². The van der Waals surface area contributed by atoms with Crippen molar-refractivity contribution in [2.75, 3.05) is 12.1 Å². The lowest BCUT2D eigenvalue weighted by Gasteiger charge is -2.17. The van der Waals surface area contributed by atoms with Gasteiger partial charge in [-0.3, -0.25) is 14.5 Å². The Morgan fingerprint density at radius 3 is 2.42 bits per heavy atom. The molecule has 1 aromatic heterocycles. The summed E-state index contributed by atoms with van der Waals surface area (Å²) in [6.07, 6.45) is 3.51. The van der Waals surface area contributed by atoms with Crippen molar-refractivity contribution in [1.29, 1.82) is 0 Å². The van der Waals surface area contributed by atoms with Crippen molar-refractivity contribution in [3.63, 3.8) is 0 Å². The fourth-order valence-electron chi connectivity index (χ4n) is 0.768. The summed E-state index contributed by atoms with van der Waals surface area (Å²) in [7, 11) is 1.70. The van der Waals surface area contributed by atoms with Gasteiger partial charge in [0, 0.05) is 30.9 Å². The number of hydrogen-bond donors (Lipinski definition) is 0. The third-order valence-corrected chi connectivity index (χ3v) is 1.86. The number of carbonyl (C=O) groups is 1. The summed E-state index contributed by atoms with van der Waals surface area (Å²) < 4.78 is 2.45. The molecule has 0 spiro atoms. The predicted molar refractivity (Wildman–Crippen MR) is 50.1 cm³/mol. The number of aromatic nitrogens is 1. The summed E-state index contributed by atoms with van der Waals surface area (Å²) in [5.41, 5.74) is 0. The van der Waals surface area contributed by atoms with Crippen LogP contribution in [0.3, 0.4) is 0 Å². The molecular formula is C8H10N2OS. The SMILES string of the molecule is CC(=O)N(C)n1ccc(=S)cc1. The minimum absolute atomic E-state index is 0.0166. The third kappa shape index (κ3) is 1.92. The van der Waals surface area contributed by atoms with Gasteiger partial charge >= 0.3 is 0 Å². The normalized spacial score (nSPS) is 9.50. The van der Waals surface area contributed by atoms with E-state index in [0.29, 0.717) is 0 Å². The van der Waals surface area contributed by atoms with E-state index in [0.717, 1.165) is 4.51 Å². The van der Waals surface area contributed by atoms with Crippen LogP contribution in [0.4, 0.5) is 0 Å². The Bertz CT molecular complexity index is 325. The third-order valence-electron chi connectivity index (χ3n) is 1.59. The van der Waals surface area contributed by atoms with Crippen molar-refractivity contribution in [3.8, 4) is 0 Å². The first-order chi connectivity index (χ1) is 5.61. The van der Waals surface area contributed by atoms with Crippen LogP contribution in [0.15, 0.2) is 24.5 Å². The second kappa shape index (κ2) is 3.49. The molecule has 1 heterocycles. The van der Waals surface area contributed by atoms with Crippen LogP contribution in [-0.2, 0) is 4.79 Å². The van der Waals surface area contributed by atoms with Gasteiger partial charge in [-0.1, -0.05) is 12.2 Å². The van der Waals surface area contributed by atoms with Gasteiger partial charge < -0.3 is 0 Å². The zero-order chi connectivity index (χ0) is 9.14. The monoisotopic (exact) mass is 182 g/mol. The summed E-state index contributed by atoms with van der Waals surface area (Å²) in [5, 5.41) is 1.49. The van der Waals surface area contributed by atoms with Crippen molar-refractivity contribution in [2.24, 2.45) is 0 Å². The lowest BCUT2D eigenvalue weighted by atomic mass is 10.5. The van der Waals surface area contributed by atoms with Crippen molar-refractivity contribution in [1.82, 2.24) is 4.68 Å². The van der Waals surface area contributed by atoms with Gasteiger partial charge in [0.2, 0.25) is 5.91 Å². The van der Waals surface area contributed by atoms with Crippen molar-refractivity contribution in [2.45, 2.75) is 6.92 Å². The molecule has 0 bridgehead atoms. The van der Waals surface area contributed by atoms with E-state index >= 15 is 0 Å². The molecule has 4 heteroatoms. The number of amides is 1. The number of rotatable bonds is 1. The molecule has 0 aromatic carbocycles. The molecule has 64 valence electrons. The van der Waals surface area contributed by atoms with Gasteiger partial charge in [-0.15, -0.1) is 0 Å². The van der Waals surface area contributed by atoms with Crippen LogP contribution in [0.1, 0.15) is 6.92 Å². The highest BCUT2D eigenvalue weighted by molar-refractivity contribution is 7.71. The first-order valence-corrected chi connectivity index (χ1v) is 3.95. The molecule has 0 atom stereocenters. The molecular weight excluding hydrogens is 172 g/mol. The summed E-state index contributed by atoms with van der Waals surface area (Å²) in [5.74, 6) is -0.0166. The van der Waals surface area contributed by atoms with Crippen LogP contribution in [0.5, 0.6) is 0 Å². The quantitative estimate of drug-likeness (QED) is 0.612. The largest absolute Gasteiger partial charge is 0.273 e. The average molecular weight is 182 g/mol. The smallest absolute Gasteiger partial charge is 0.237 e. The fraction of sp³-hybridized carbons (Fsp3) is 0.250. The van der Waals surface area contributed by atoms with Crippen LogP contribution in [0.2, 0.25) is 0 Å². The van der Waals surface area contributed by atoms with Gasteiger partial charge in [-0.05, 0) is 12.1 Å². The minimum atomic E-state index is -0.0166. The van der Waals surface area contributed by atoms with Crippen LogP contribution in [0.25, 0.3) is 0 Å². The summed E-state index contributed by atoms with van der Waals surface area (Å²) in [4.78, 5) is 10.9. The maximum Gasteiger partial charge on any atom is 0.237 e. The molecule has 0 radical (unpaired) electrons. The maximum absolute atomic E-state index is 10.9. The Morgan fingerprint density at radius 2 is 2.00 bits per heavy atom. The number of carbonyl (C=O) groups excluding carboxylic acids is 1. The Labute approximate surface area is 76.2 Å². The van der Waals surface area contributed by atoms with E-state index in [2.05, 4.69) is 0 Å². The second-order valence-corrected chi connectivity index (χ2v) is 2.93. The molecule has 0 N–H and O–H groups in total. The van der Waals surface area contributed by atoms with Crippen LogP contribution >= 0.6 is 12.2 Å². The molecule has 1 rings (SSSR count). The molecule has 0 fully saturated rings. The highest BCUT2D eigenvalue weighted by Crippen LogP contribution is 1.92. The van der Waals surface area contributed by atoms with Crippen LogP contribution < -0.4 is 5.01 Å². The number of nitrogens with zero attached hydrogens (tertiary/aromatic N) is 2. The Kier molecular flexibility index (Phi) is 2.60. The van der Waals surface area contributed by atoms with E-state index in [4.69, 9.17) is 12.2 Å². The van der Waals surface area contributed by atoms with Gasteiger partial charge in [0.05, 0.1) is 0 Å². The van der Waals surface area contributed by atoms with Crippen molar-refractivity contribution in [3.05, 3.63) is 29.0 Å². The molecule has 3 nitrogen and oxygen atoms in total. The second-order valence-electron chi connectivity index (χ2n) is 2.46. The van der Waals surface area contributed by atoms with Gasteiger partial charge in [-0.25, -0.2) is 0 Å². The Hall–Kier alpha value is -1.16. The van der Waals surface area contributed by atoms with Gasteiger partial charge in [0.15, 0.2) is 0 Å². The first kappa shape index (κ1) is 8.93. The van der Waals surface area contributed by atoms with E-state index < -0.39 is 0 Å². The molecule has 0 saturated heterocycles. The lowest BCUT2D eigenvalue weighted by Crippen LogP contribution is -2.33. The van der Waals surface area contributed by atoms with E-state index in [-0.39, 0.29) is 5.91 Å². The van der Waals surface area contributed by atoms with Crippen LogP contribution in [0, 0.1) is 4.51 Å². The van der Waals surface area contributed by atoms with Crippen molar-refractivity contribution < 1.29 is 4.79 Å². The summed E-state index contributed by atoms with van der Waals surface area (Å²) >= 11 is 4.91. The summed E-state index contributed by atoms with van der Waals surface area (Å²) in [6.45, 7) is 1.51. The highest BCUT2D eigenvalue weighted by Gasteiger charge is 2.00. The average Bonchev–Trinajstić information content (AvgIpc) is 2.04. The highest BCUT2D eigenvalue weighted by atomic mass is 32.1. The van der Waals surface area contributed by atoms with E-state index in [1.54, 1.807) is 36.3 Å². The number of pyridine rings is 1. The molecule has 0 aliphatic rings. The van der Waals surface area contributed by atoms with Crippen molar-refractivity contribution >= 4 is 18.1 Å². The fourth-order valence-corrected chi connectivity index (χ4v) is 0.889. The van der Waals surface area contributed by atoms with E-state index in [9.17, 15) is 4.79 Å². The molecule has 1 amide bonds. The van der Waals surface area contributed by atoms with E-state index in [1.165, 1.54) is 11.9 Å². The zero-order valence-corrected chi connectivity index (χ0v) is 7.84. The Morgan fingerprint density at radius 1 is 1.50 bits per heavy atom. The molecule has 12 heavy (non-hydrogen) atoms. The van der Waals surface area contributed by atoms with Gasteiger partial charge in [0.1, 0.15) is 0 Å². The predicted octanol–water partition coefficient (Wildman–Crippen LogP) is 1.33. The molecule has 0 unspecified atom stereocenters. The zero-order valence-electron chi connectivity index (χ0n) is 7.02. The number of hydrogen-bond acceptors (Lipinski definition) is 2. The minimum Gasteiger partial charge on any atom is -0.273 e. The molecule has 0 aliphatic carbocycles. The Balaban J connectivity index is 2.97. The van der Waals surface area contributed by atoms with Crippen LogP contribution in [-0.4, -0.2) is 17.6 Å². The standard InChI is InChI=1S/C8H10N2OS/c1-7(11)9(2)10-5-3-8(12)4-6-10/h3-6H,1-2H3. The summed E-state index contributed by atoms with van der Waals surface area (Å²) in [6, 6.07) is 3.55. The van der Waals surface area contributed by atoms with Gasteiger partial charge in [-0.2, -0.15) is 0 Å². The van der Waals surface area contributed by atoms with Gasteiger partial charge in [0.25, 0.3) is 0 Å². The molecule has 1 aromatic rings. The first-order valence-electron chi connectivity index (χ1n) is 3.54. The maximum atomic E-state index is 10.9. The molecule has 0 saturated carbocycles.